The Morgan fingerprint density at radius 3 is 2.32 bits per heavy atom. The standard InChI is InChI=1S/C18H20O/c1-15(2)8-11-18(12-9-17(19)10-13-18)14-16-6-4-3-5-7-16/h3-10,12-13H,11,14H2,1-2H3. The van der Waals surface area contributed by atoms with Gasteiger partial charge in [0.1, 0.15) is 0 Å². The highest BCUT2D eigenvalue weighted by Crippen LogP contribution is 2.34. The van der Waals surface area contributed by atoms with Gasteiger partial charge >= 0.3 is 0 Å². The van der Waals surface area contributed by atoms with Crippen LogP contribution in [-0.2, 0) is 11.2 Å². The lowest BCUT2D eigenvalue weighted by atomic mass is 9.75. The first-order valence-electron chi connectivity index (χ1n) is 6.69. The first kappa shape index (κ1) is 13.5. The van der Waals surface area contributed by atoms with E-state index in [1.165, 1.54) is 11.1 Å². The lowest BCUT2D eigenvalue weighted by molar-refractivity contribution is -0.110. The predicted molar refractivity (Wildman–Crippen MR) is 79.9 cm³/mol. The second kappa shape index (κ2) is 5.83. The molecule has 0 spiro atoms. The molecule has 0 fully saturated rings. The molecule has 0 heterocycles. The Hall–Kier alpha value is -1.89. The van der Waals surface area contributed by atoms with Crippen LogP contribution in [0.3, 0.4) is 0 Å². The van der Waals surface area contributed by atoms with Crippen molar-refractivity contribution in [1.82, 2.24) is 0 Å². The van der Waals surface area contributed by atoms with Gasteiger partial charge in [0.2, 0.25) is 0 Å². The number of carbonyl (C=O) groups is 1. The molecule has 98 valence electrons. The van der Waals surface area contributed by atoms with Gasteiger partial charge in [0.25, 0.3) is 0 Å². The van der Waals surface area contributed by atoms with Gasteiger partial charge in [-0.1, -0.05) is 54.1 Å². The van der Waals surface area contributed by atoms with E-state index in [9.17, 15) is 4.79 Å². The van der Waals surface area contributed by atoms with E-state index in [-0.39, 0.29) is 11.2 Å². The monoisotopic (exact) mass is 252 g/mol. The normalized spacial score (nSPS) is 16.4. The Kier molecular flexibility index (Phi) is 4.16. The summed E-state index contributed by atoms with van der Waals surface area (Å²) >= 11 is 0. The summed E-state index contributed by atoms with van der Waals surface area (Å²) < 4.78 is 0. The first-order valence-corrected chi connectivity index (χ1v) is 6.69. The minimum Gasteiger partial charge on any atom is -0.290 e. The van der Waals surface area contributed by atoms with E-state index in [1.54, 1.807) is 12.2 Å². The number of hydrogen-bond donors (Lipinski definition) is 0. The summed E-state index contributed by atoms with van der Waals surface area (Å²) in [5.41, 5.74) is 2.55. The Balaban J connectivity index is 2.25. The summed E-state index contributed by atoms with van der Waals surface area (Å²) in [6.07, 6.45) is 11.6. The van der Waals surface area contributed by atoms with Crippen molar-refractivity contribution in [3.05, 3.63) is 71.8 Å². The third-order valence-corrected chi connectivity index (χ3v) is 3.43. The molecule has 2 rings (SSSR count). The van der Waals surface area contributed by atoms with E-state index in [1.807, 2.05) is 6.07 Å². The molecule has 19 heavy (non-hydrogen) atoms. The van der Waals surface area contributed by atoms with Crippen molar-refractivity contribution in [1.29, 1.82) is 0 Å². The summed E-state index contributed by atoms with van der Waals surface area (Å²) in [6, 6.07) is 10.4. The molecule has 1 heteroatoms. The van der Waals surface area contributed by atoms with Crippen LogP contribution in [0.5, 0.6) is 0 Å². The average molecular weight is 252 g/mol. The summed E-state index contributed by atoms with van der Waals surface area (Å²) in [5.74, 6) is 0.0842. The predicted octanol–water partition coefficient (Wildman–Crippen LogP) is 4.27. The largest absolute Gasteiger partial charge is 0.290 e. The quantitative estimate of drug-likeness (QED) is 0.731. The molecular weight excluding hydrogens is 232 g/mol. The summed E-state index contributed by atoms with van der Waals surface area (Å²) in [7, 11) is 0. The lowest BCUT2D eigenvalue weighted by Gasteiger charge is -2.28. The minimum absolute atomic E-state index is 0.0630. The highest BCUT2D eigenvalue weighted by molar-refractivity contribution is 6.00. The van der Waals surface area contributed by atoms with Crippen molar-refractivity contribution in [3.8, 4) is 0 Å². The minimum atomic E-state index is -0.0630. The fraction of sp³-hybridized carbons (Fsp3) is 0.278. The zero-order valence-corrected chi connectivity index (χ0v) is 11.6. The maximum Gasteiger partial charge on any atom is 0.178 e. The molecule has 0 radical (unpaired) electrons. The number of allylic oxidation sites excluding steroid dienone is 6. The van der Waals surface area contributed by atoms with Crippen LogP contribution in [0, 0.1) is 5.41 Å². The van der Waals surface area contributed by atoms with E-state index in [4.69, 9.17) is 0 Å². The zero-order valence-electron chi connectivity index (χ0n) is 11.6. The Labute approximate surface area is 115 Å². The second-order valence-electron chi connectivity index (χ2n) is 5.45. The van der Waals surface area contributed by atoms with Crippen molar-refractivity contribution >= 4 is 5.78 Å². The SMILES string of the molecule is CC(C)=CCC1(Cc2ccccc2)C=CC(=O)C=C1. The van der Waals surface area contributed by atoms with Crippen molar-refractivity contribution in [2.75, 3.05) is 0 Å². The number of benzene rings is 1. The van der Waals surface area contributed by atoms with Gasteiger partial charge in [-0.05, 0) is 44.4 Å². The van der Waals surface area contributed by atoms with Crippen LogP contribution in [0.1, 0.15) is 25.8 Å². The molecule has 0 aliphatic heterocycles. The fourth-order valence-electron chi connectivity index (χ4n) is 2.30. The first-order chi connectivity index (χ1) is 9.10. The molecule has 0 atom stereocenters. The molecule has 1 nitrogen and oxygen atoms in total. The van der Waals surface area contributed by atoms with Crippen molar-refractivity contribution < 1.29 is 4.79 Å². The number of carbonyl (C=O) groups excluding carboxylic acids is 1. The van der Waals surface area contributed by atoms with E-state index in [2.05, 4.69) is 56.3 Å². The van der Waals surface area contributed by atoms with Gasteiger partial charge in [-0.3, -0.25) is 4.79 Å². The van der Waals surface area contributed by atoms with Crippen molar-refractivity contribution in [2.24, 2.45) is 5.41 Å². The highest BCUT2D eigenvalue weighted by atomic mass is 16.1. The molecule has 1 aliphatic rings. The maximum atomic E-state index is 11.4. The molecule has 0 aromatic heterocycles. The van der Waals surface area contributed by atoms with E-state index < -0.39 is 0 Å². The van der Waals surface area contributed by atoms with Crippen molar-refractivity contribution in [2.45, 2.75) is 26.7 Å². The molecule has 0 unspecified atom stereocenters. The topological polar surface area (TPSA) is 17.1 Å². The average Bonchev–Trinajstić information content (AvgIpc) is 2.41. The molecular formula is C18H20O. The van der Waals surface area contributed by atoms with Gasteiger partial charge in [-0.15, -0.1) is 0 Å². The fourth-order valence-corrected chi connectivity index (χ4v) is 2.30. The second-order valence-corrected chi connectivity index (χ2v) is 5.45. The summed E-state index contributed by atoms with van der Waals surface area (Å²) in [6.45, 7) is 4.22. The van der Waals surface area contributed by atoms with Crippen LogP contribution in [0.2, 0.25) is 0 Å². The van der Waals surface area contributed by atoms with Crippen LogP contribution in [0.4, 0.5) is 0 Å². The van der Waals surface area contributed by atoms with E-state index in [0.29, 0.717) is 0 Å². The van der Waals surface area contributed by atoms with Gasteiger partial charge in [-0.2, -0.15) is 0 Å². The summed E-state index contributed by atoms with van der Waals surface area (Å²) in [5, 5.41) is 0. The Morgan fingerprint density at radius 2 is 1.74 bits per heavy atom. The molecule has 1 aliphatic carbocycles. The van der Waals surface area contributed by atoms with Gasteiger partial charge in [-0.25, -0.2) is 0 Å². The zero-order chi connectivity index (χ0) is 13.7. The Morgan fingerprint density at radius 1 is 1.11 bits per heavy atom. The van der Waals surface area contributed by atoms with Crippen LogP contribution in [0.25, 0.3) is 0 Å². The number of ketones is 1. The maximum absolute atomic E-state index is 11.4. The van der Waals surface area contributed by atoms with Gasteiger partial charge in [0.15, 0.2) is 5.78 Å². The van der Waals surface area contributed by atoms with Gasteiger partial charge in [0.05, 0.1) is 0 Å². The lowest BCUT2D eigenvalue weighted by Crippen LogP contribution is -2.21. The number of hydrogen-bond acceptors (Lipinski definition) is 1. The number of rotatable bonds is 4. The van der Waals surface area contributed by atoms with Gasteiger partial charge < -0.3 is 0 Å². The molecule has 0 saturated carbocycles. The van der Waals surface area contributed by atoms with Crippen LogP contribution >= 0.6 is 0 Å². The van der Waals surface area contributed by atoms with Gasteiger partial charge in [0, 0.05) is 5.41 Å². The van der Waals surface area contributed by atoms with E-state index >= 15 is 0 Å². The molecule has 0 N–H and O–H groups in total. The molecule has 1 aromatic carbocycles. The van der Waals surface area contributed by atoms with E-state index in [0.717, 1.165) is 12.8 Å². The van der Waals surface area contributed by atoms with Crippen LogP contribution in [0.15, 0.2) is 66.3 Å². The molecule has 1 aromatic rings. The third-order valence-electron chi connectivity index (χ3n) is 3.43. The Bertz CT molecular complexity index is 512. The summed E-state index contributed by atoms with van der Waals surface area (Å²) in [4.78, 5) is 11.4. The van der Waals surface area contributed by atoms with Crippen molar-refractivity contribution in [3.63, 3.8) is 0 Å². The molecule has 0 amide bonds. The molecule has 0 saturated heterocycles. The van der Waals surface area contributed by atoms with Crippen LogP contribution in [-0.4, -0.2) is 5.78 Å². The third kappa shape index (κ3) is 3.78. The highest BCUT2D eigenvalue weighted by Gasteiger charge is 2.25. The smallest absolute Gasteiger partial charge is 0.178 e. The molecule has 0 bridgehead atoms. The van der Waals surface area contributed by atoms with Crippen LogP contribution < -0.4 is 0 Å².